The summed E-state index contributed by atoms with van der Waals surface area (Å²) < 4.78 is 60.2. The number of aromatic nitrogens is 4. The van der Waals surface area contributed by atoms with Gasteiger partial charge in [-0.2, -0.15) is 0 Å². The van der Waals surface area contributed by atoms with E-state index in [0.29, 0.717) is 91.8 Å². The Hall–Kier alpha value is -6.83. The van der Waals surface area contributed by atoms with E-state index in [9.17, 15) is 32.4 Å². The molecular weight excluding hydrogens is 863 g/mol. The van der Waals surface area contributed by atoms with E-state index in [4.69, 9.17) is 4.98 Å². The average molecular weight is 911 g/mol. The number of halogens is 2. The maximum atomic E-state index is 16.1. The van der Waals surface area contributed by atoms with Crippen LogP contribution in [0.5, 0.6) is 0 Å². The van der Waals surface area contributed by atoms with Crippen LogP contribution in [0.25, 0.3) is 27.8 Å². The van der Waals surface area contributed by atoms with Gasteiger partial charge in [0.05, 0.1) is 33.6 Å². The summed E-state index contributed by atoms with van der Waals surface area (Å²) in [4.78, 5) is 82.0. The van der Waals surface area contributed by atoms with Crippen molar-refractivity contribution in [3.63, 3.8) is 0 Å². The van der Waals surface area contributed by atoms with Gasteiger partial charge in [0, 0.05) is 81.0 Å². The molecule has 0 spiro atoms. The number of hydrogen-bond acceptors (Lipinski definition) is 12. The third-order valence-corrected chi connectivity index (χ3v) is 13.6. The fourth-order valence-electron chi connectivity index (χ4n) is 8.76. The fourth-order valence-corrected chi connectivity index (χ4v) is 9.90. The number of piperidine rings is 2. The van der Waals surface area contributed by atoms with Gasteiger partial charge in [-0.05, 0) is 74.9 Å². The summed E-state index contributed by atoms with van der Waals surface area (Å²) in [5, 5.41) is 5.45. The Labute approximate surface area is 373 Å². The molecule has 3 N–H and O–H groups in total. The molecule has 20 heteroatoms. The van der Waals surface area contributed by atoms with E-state index in [-0.39, 0.29) is 47.4 Å². The fraction of sp³-hybridized carbons (Fsp3) is 0.378. The SMILES string of the molecule is CCCS(=O)(=O)Nc1ccc(F)c(-n2cc(-c3cncnc3)c3nc(N(C)C4CCN(C(=O)CCCCCNc5cccc6c5C(=O)N(C5CCC(=O)NC5=O)C6=O)CC4)ccc32)c1F. The molecule has 5 amide bonds. The summed E-state index contributed by atoms with van der Waals surface area (Å²) in [6, 6.07) is 9.48. The molecule has 0 aliphatic carbocycles. The number of likely N-dealkylation sites (tertiary alicyclic amines) is 1. The molecule has 2 aromatic carbocycles. The highest BCUT2D eigenvalue weighted by Gasteiger charge is 2.45. The Balaban J connectivity index is 0.864. The van der Waals surface area contributed by atoms with E-state index >= 15 is 8.78 Å². The molecule has 0 saturated carbocycles. The largest absolute Gasteiger partial charge is 0.384 e. The molecule has 1 unspecified atom stereocenters. The molecule has 65 heavy (non-hydrogen) atoms. The predicted molar refractivity (Wildman–Crippen MR) is 238 cm³/mol. The second kappa shape index (κ2) is 18.7. The first-order valence-electron chi connectivity index (χ1n) is 21.6. The van der Waals surface area contributed by atoms with Crippen molar-refractivity contribution in [3.8, 4) is 16.8 Å². The molecule has 5 aromatic rings. The molecule has 1 atom stereocenters. The summed E-state index contributed by atoms with van der Waals surface area (Å²) in [6.07, 6.45) is 10.3. The summed E-state index contributed by atoms with van der Waals surface area (Å²) in [5.41, 5.74) is 1.92. The maximum absolute atomic E-state index is 16.1. The average Bonchev–Trinajstić information content (AvgIpc) is 3.79. The number of carbonyl (C=O) groups is 5. The van der Waals surface area contributed by atoms with Crippen LogP contribution in [0.4, 0.5) is 26.0 Å². The summed E-state index contributed by atoms with van der Waals surface area (Å²) in [5.74, 6) is -3.77. The number of fused-ring (bicyclic) bond motifs is 2. The molecule has 3 aromatic heterocycles. The van der Waals surface area contributed by atoms with E-state index in [1.54, 1.807) is 49.6 Å². The second-order valence-corrected chi connectivity index (χ2v) is 18.2. The van der Waals surface area contributed by atoms with Crippen molar-refractivity contribution >= 4 is 67.8 Å². The highest BCUT2D eigenvalue weighted by molar-refractivity contribution is 7.92. The molecule has 3 aliphatic rings. The lowest BCUT2D eigenvalue weighted by molar-refractivity contribution is -0.136. The third-order valence-electron chi connectivity index (χ3n) is 12.1. The van der Waals surface area contributed by atoms with Gasteiger partial charge in [-0.1, -0.05) is 19.4 Å². The number of unbranched alkanes of at least 4 members (excludes halogenated alkanes) is 2. The Morgan fingerprint density at radius 2 is 1.69 bits per heavy atom. The highest BCUT2D eigenvalue weighted by Crippen LogP contribution is 2.37. The zero-order chi connectivity index (χ0) is 46.0. The van der Waals surface area contributed by atoms with Crippen molar-refractivity contribution in [1.82, 2.24) is 34.6 Å². The van der Waals surface area contributed by atoms with Gasteiger partial charge in [-0.15, -0.1) is 0 Å². The van der Waals surface area contributed by atoms with Crippen LogP contribution < -0.4 is 20.3 Å². The van der Waals surface area contributed by atoms with Crippen LogP contribution in [0.1, 0.15) is 85.4 Å². The molecule has 340 valence electrons. The van der Waals surface area contributed by atoms with Gasteiger partial charge in [0.1, 0.15) is 29.7 Å². The number of hydrogen-bond donors (Lipinski definition) is 3. The number of benzene rings is 2. The number of sulfonamides is 1. The highest BCUT2D eigenvalue weighted by atomic mass is 32.2. The van der Waals surface area contributed by atoms with Crippen molar-refractivity contribution in [3.05, 3.63) is 90.1 Å². The van der Waals surface area contributed by atoms with Gasteiger partial charge in [0.15, 0.2) is 5.82 Å². The van der Waals surface area contributed by atoms with Crippen LogP contribution in [-0.4, -0.2) is 112 Å². The molecule has 6 heterocycles. The third kappa shape index (κ3) is 9.11. The van der Waals surface area contributed by atoms with Gasteiger partial charge in [-0.25, -0.2) is 32.2 Å². The lowest BCUT2D eigenvalue weighted by Crippen LogP contribution is -2.54. The quantitative estimate of drug-likeness (QED) is 0.0839. The number of imide groups is 2. The lowest BCUT2D eigenvalue weighted by atomic mass is 10.0. The first-order chi connectivity index (χ1) is 31.3. The first kappa shape index (κ1) is 44.8. The van der Waals surface area contributed by atoms with Crippen molar-refractivity contribution in [2.45, 2.75) is 76.8 Å². The molecule has 3 aliphatic heterocycles. The Morgan fingerprint density at radius 1 is 0.923 bits per heavy atom. The molecule has 8 rings (SSSR count). The topological polar surface area (TPSA) is 209 Å². The van der Waals surface area contributed by atoms with Crippen molar-refractivity contribution < 1.29 is 41.2 Å². The minimum atomic E-state index is -3.87. The normalized spacial score (nSPS) is 16.8. The first-order valence-corrected chi connectivity index (χ1v) is 23.3. The van der Waals surface area contributed by atoms with Crippen molar-refractivity contribution in [2.75, 3.05) is 47.4 Å². The van der Waals surface area contributed by atoms with Gasteiger partial charge in [0.2, 0.25) is 27.7 Å². The van der Waals surface area contributed by atoms with Gasteiger partial charge in [0.25, 0.3) is 11.8 Å². The number of anilines is 3. The van der Waals surface area contributed by atoms with Crippen LogP contribution in [0, 0.1) is 11.6 Å². The van der Waals surface area contributed by atoms with Gasteiger partial charge in [-0.3, -0.25) is 38.9 Å². The number of amides is 5. The lowest BCUT2D eigenvalue weighted by Gasteiger charge is -2.37. The number of carbonyl (C=O) groups excluding carboxylic acids is 5. The zero-order valence-corrected chi connectivity index (χ0v) is 36.7. The molecule has 2 fully saturated rings. The summed E-state index contributed by atoms with van der Waals surface area (Å²) >= 11 is 0. The monoisotopic (exact) mass is 910 g/mol. The minimum absolute atomic E-state index is 0.0412. The molecule has 2 saturated heterocycles. The standard InChI is InChI=1S/C45H48F2N10O7S/c1-3-22-65(63,64)53-33-12-11-31(46)42(40(33)47)56-25-30(27-23-48-26-49-24-27)41-34(56)13-15-36(51-41)54(2)28-17-20-55(21-18-28)38(59)10-5-4-6-19-50-32-9-7-8-29-39(32)45(62)57(44(29)61)35-14-16-37(58)52-43(35)60/h7-9,11-13,15,23-26,28,35,50,53H,3-6,10,14,16-22H2,1-2H3,(H,52,58,60). The van der Waals surface area contributed by atoms with Gasteiger partial charge < -0.3 is 19.7 Å². The van der Waals surface area contributed by atoms with E-state index in [0.717, 1.165) is 23.5 Å². The number of nitrogens with zero attached hydrogens (tertiary/aromatic N) is 7. The summed E-state index contributed by atoms with van der Waals surface area (Å²) in [7, 11) is -1.95. The van der Waals surface area contributed by atoms with E-state index in [2.05, 4.69) is 25.3 Å². The van der Waals surface area contributed by atoms with E-state index < -0.39 is 57.0 Å². The number of rotatable bonds is 16. The number of pyridine rings is 1. The molecular formula is C45H48F2N10O7S. The van der Waals surface area contributed by atoms with Gasteiger partial charge >= 0.3 is 0 Å². The molecule has 17 nitrogen and oxygen atoms in total. The van der Waals surface area contributed by atoms with E-state index in [1.807, 2.05) is 16.8 Å². The van der Waals surface area contributed by atoms with Crippen molar-refractivity contribution in [2.24, 2.45) is 0 Å². The Bertz CT molecular complexity index is 2800. The van der Waals surface area contributed by atoms with E-state index in [1.165, 1.54) is 17.1 Å². The number of nitrogens with one attached hydrogen (secondary N) is 3. The van der Waals surface area contributed by atoms with Crippen molar-refractivity contribution in [1.29, 1.82) is 0 Å². The van der Waals surface area contributed by atoms with Crippen LogP contribution >= 0.6 is 0 Å². The Kier molecular flexibility index (Phi) is 12.9. The second-order valence-electron chi connectivity index (χ2n) is 16.4. The van der Waals surface area contributed by atoms with Crippen LogP contribution in [0.3, 0.4) is 0 Å². The maximum Gasteiger partial charge on any atom is 0.264 e. The Morgan fingerprint density at radius 3 is 2.43 bits per heavy atom. The molecule has 0 radical (unpaired) electrons. The summed E-state index contributed by atoms with van der Waals surface area (Å²) in [6.45, 7) is 3.29. The zero-order valence-electron chi connectivity index (χ0n) is 35.9. The smallest absolute Gasteiger partial charge is 0.264 e. The van der Waals surface area contributed by atoms with Crippen LogP contribution in [-0.2, 0) is 24.4 Å². The minimum Gasteiger partial charge on any atom is -0.384 e. The molecule has 0 bridgehead atoms. The predicted octanol–water partition coefficient (Wildman–Crippen LogP) is 5.41. The van der Waals surface area contributed by atoms with Crippen LogP contribution in [0.2, 0.25) is 0 Å². The van der Waals surface area contributed by atoms with Crippen LogP contribution in [0.15, 0.2) is 67.4 Å².